The summed E-state index contributed by atoms with van der Waals surface area (Å²) in [6, 6.07) is 0. The van der Waals surface area contributed by atoms with Crippen LogP contribution >= 0.6 is 0 Å². The molecule has 1 fully saturated rings. The molecule has 0 saturated carbocycles. The molecule has 0 aliphatic carbocycles. The van der Waals surface area contributed by atoms with E-state index in [1.807, 2.05) is 6.92 Å². The molecule has 0 atom stereocenters. The van der Waals surface area contributed by atoms with Gasteiger partial charge in [-0.15, -0.1) is 0 Å². The summed E-state index contributed by atoms with van der Waals surface area (Å²) >= 11 is 0. The quantitative estimate of drug-likeness (QED) is 0.676. The normalized spacial score (nSPS) is 21.5. The lowest BCUT2D eigenvalue weighted by atomic mass is 9.98. The van der Waals surface area contributed by atoms with Gasteiger partial charge in [-0.05, 0) is 32.2 Å². The van der Waals surface area contributed by atoms with E-state index in [-0.39, 0.29) is 0 Å². The number of ether oxygens (including phenoxy) is 1. The van der Waals surface area contributed by atoms with Crippen LogP contribution in [0.5, 0.6) is 0 Å². The predicted molar refractivity (Wildman–Crippen MR) is 49.8 cm³/mol. The molecule has 0 amide bonds. The second-order valence-electron chi connectivity index (χ2n) is 3.42. The first kappa shape index (κ1) is 9.96. The Bertz CT molecular complexity index is 111. The van der Waals surface area contributed by atoms with Crippen molar-refractivity contribution < 1.29 is 4.74 Å². The van der Waals surface area contributed by atoms with Crippen molar-refractivity contribution in [1.82, 2.24) is 4.90 Å². The van der Waals surface area contributed by atoms with Crippen LogP contribution in [-0.4, -0.2) is 37.9 Å². The smallest absolute Gasteiger partial charge is 0.0990 e. The van der Waals surface area contributed by atoms with E-state index < -0.39 is 0 Å². The fourth-order valence-corrected chi connectivity index (χ4v) is 1.57. The Morgan fingerprint density at radius 2 is 2.08 bits per heavy atom. The zero-order chi connectivity index (χ0) is 8.81. The zero-order valence-corrected chi connectivity index (χ0v) is 7.96. The lowest BCUT2D eigenvalue weighted by Gasteiger charge is -2.30. The minimum absolute atomic E-state index is 0.753. The van der Waals surface area contributed by atoms with Gasteiger partial charge in [-0.1, -0.05) is 0 Å². The van der Waals surface area contributed by atoms with E-state index in [1.54, 1.807) is 0 Å². The third-order valence-electron chi connectivity index (χ3n) is 2.52. The van der Waals surface area contributed by atoms with Crippen molar-refractivity contribution in [3.05, 3.63) is 0 Å². The van der Waals surface area contributed by atoms with Crippen LogP contribution in [0.2, 0.25) is 0 Å². The van der Waals surface area contributed by atoms with Crippen LogP contribution in [0.4, 0.5) is 0 Å². The summed E-state index contributed by atoms with van der Waals surface area (Å²) in [4.78, 5) is 2.36. The van der Waals surface area contributed by atoms with E-state index in [9.17, 15) is 0 Å². The molecule has 0 spiro atoms. The van der Waals surface area contributed by atoms with Gasteiger partial charge in [0, 0.05) is 19.7 Å². The molecule has 1 aliphatic heterocycles. The van der Waals surface area contributed by atoms with E-state index in [2.05, 4.69) is 4.90 Å². The zero-order valence-electron chi connectivity index (χ0n) is 7.96. The fraction of sp³-hybridized carbons (Fsp3) is 1.00. The summed E-state index contributed by atoms with van der Waals surface area (Å²) in [6.45, 7) is 6.81. The molecule has 1 heterocycles. The average Bonchev–Trinajstić information content (AvgIpc) is 2.15. The van der Waals surface area contributed by atoms with E-state index in [4.69, 9.17) is 10.5 Å². The Morgan fingerprint density at radius 1 is 1.42 bits per heavy atom. The molecular formula is C9H20N2O. The molecule has 0 aromatic rings. The van der Waals surface area contributed by atoms with Crippen molar-refractivity contribution in [2.75, 3.05) is 33.0 Å². The summed E-state index contributed by atoms with van der Waals surface area (Å²) in [7, 11) is 0. The topological polar surface area (TPSA) is 38.5 Å². The number of nitrogens with two attached hydrogens (primary N) is 1. The number of likely N-dealkylation sites (tertiary alicyclic amines) is 1. The summed E-state index contributed by atoms with van der Waals surface area (Å²) in [5, 5.41) is 0. The van der Waals surface area contributed by atoms with E-state index in [0.717, 1.165) is 38.9 Å². The van der Waals surface area contributed by atoms with Gasteiger partial charge in [0.2, 0.25) is 0 Å². The van der Waals surface area contributed by atoms with Crippen LogP contribution in [0.15, 0.2) is 0 Å². The van der Waals surface area contributed by atoms with Gasteiger partial charge < -0.3 is 10.5 Å². The monoisotopic (exact) mass is 172 g/mol. The molecular weight excluding hydrogens is 152 g/mol. The number of piperidine rings is 1. The highest BCUT2D eigenvalue weighted by Crippen LogP contribution is 2.15. The third kappa shape index (κ3) is 3.09. The molecule has 0 aromatic heterocycles. The first-order valence-electron chi connectivity index (χ1n) is 4.87. The van der Waals surface area contributed by atoms with Gasteiger partial charge in [-0.25, -0.2) is 0 Å². The summed E-state index contributed by atoms with van der Waals surface area (Å²) < 4.78 is 5.34. The number of rotatable bonds is 4. The maximum Gasteiger partial charge on any atom is 0.0990 e. The molecule has 3 heteroatoms. The van der Waals surface area contributed by atoms with Crippen LogP contribution < -0.4 is 5.73 Å². The molecule has 2 N–H and O–H groups in total. The molecule has 0 aromatic carbocycles. The lowest BCUT2D eigenvalue weighted by Crippen LogP contribution is -2.37. The minimum atomic E-state index is 0.753. The SMILES string of the molecule is CCOCN1CCC(CN)CC1. The minimum Gasteiger partial charge on any atom is -0.366 e. The van der Waals surface area contributed by atoms with E-state index >= 15 is 0 Å². The molecule has 72 valence electrons. The van der Waals surface area contributed by atoms with Crippen LogP contribution in [0.1, 0.15) is 19.8 Å². The largest absolute Gasteiger partial charge is 0.366 e. The highest BCUT2D eigenvalue weighted by atomic mass is 16.5. The first-order chi connectivity index (χ1) is 5.86. The molecule has 0 unspecified atom stereocenters. The van der Waals surface area contributed by atoms with Gasteiger partial charge in [0.1, 0.15) is 0 Å². The summed E-state index contributed by atoms with van der Waals surface area (Å²) in [6.07, 6.45) is 2.48. The Balaban J connectivity index is 2.09. The summed E-state index contributed by atoms with van der Waals surface area (Å²) in [5.74, 6) is 0.753. The summed E-state index contributed by atoms with van der Waals surface area (Å²) in [5.41, 5.74) is 5.60. The molecule has 0 radical (unpaired) electrons. The van der Waals surface area contributed by atoms with Crippen molar-refractivity contribution in [3.8, 4) is 0 Å². The maximum atomic E-state index is 5.60. The Labute approximate surface area is 74.9 Å². The molecule has 3 nitrogen and oxygen atoms in total. The average molecular weight is 172 g/mol. The molecule has 12 heavy (non-hydrogen) atoms. The first-order valence-corrected chi connectivity index (χ1v) is 4.87. The van der Waals surface area contributed by atoms with Crippen LogP contribution in [0.3, 0.4) is 0 Å². The van der Waals surface area contributed by atoms with E-state index in [1.165, 1.54) is 12.8 Å². The van der Waals surface area contributed by atoms with Gasteiger partial charge in [0.25, 0.3) is 0 Å². The number of hydrogen-bond donors (Lipinski definition) is 1. The molecule has 1 rings (SSSR count). The maximum absolute atomic E-state index is 5.60. The molecule has 1 aliphatic rings. The standard InChI is InChI=1S/C9H20N2O/c1-2-12-8-11-5-3-9(7-10)4-6-11/h9H,2-8,10H2,1H3. The van der Waals surface area contributed by atoms with Gasteiger partial charge in [-0.3, -0.25) is 4.90 Å². The van der Waals surface area contributed by atoms with Gasteiger partial charge in [-0.2, -0.15) is 0 Å². The van der Waals surface area contributed by atoms with E-state index in [0.29, 0.717) is 0 Å². The Hall–Kier alpha value is -0.120. The van der Waals surface area contributed by atoms with Gasteiger partial charge >= 0.3 is 0 Å². The third-order valence-corrected chi connectivity index (χ3v) is 2.52. The fourth-order valence-electron chi connectivity index (χ4n) is 1.57. The lowest BCUT2D eigenvalue weighted by molar-refractivity contribution is 0.0174. The highest BCUT2D eigenvalue weighted by Gasteiger charge is 2.17. The molecule has 0 bridgehead atoms. The van der Waals surface area contributed by atoms with Crippen LogP contribution in [-0.2, 0) is 4.74 Å². The highest BCUT2D eigenvalue weighted by molar-refractivity contribution is 4.70. The Morgan fingerprint density at radius 3 is 2.58 bits per heavy atom. The van der Waals surface area contributed by atoms with Crippen molar-refractivity contribution in [2.45, 2.75) is 19.8 Å². The Kier molecular flexibility index (Phi) is 4.58. The van der Waals surface area contributed by atoms with Crippen molar-refractivity contribution in [3.63, 3.8) is 0 Å². The number of nitrogens with zero attached hydrogens (tertiary/aromatic N) is 1. The number of hydrogen-bond acceptors (Lipinski definition) is 3. The van der Waals surface area contributed by atoms with Gasteiger partial charge in [0.15, 0.2) is 0 Å². The van der Waals surface area contributed by atoms with Crippen LogP contribution in [0.25, 0.3) is 0 Å². The second kappa shape index (κ2) is 5.51. The molecule has 1 saturated heterocycles. The predicted octanol–water partition coefficient (Wildman–Crippen LogP) is 0.651. The van der Waals surface area contributed by atoms with Crippen LogP contribution in [0, 0.1) is 5.92 Å². The second-order valence-corrected chi connectivity index (χ2v) is 3.42. The van der Waals surface area contributed by atoms with Crippen molar-refractivity contribution >= 4 is 0 Å². The van der Waals surface area contributed by atoms with Crippen molar-refractivity contribution in [1.29, 1.82) is 0 Å². The van der Waals surface area contributed by atoms with Crippen molar-refractivity contribution in [2.24, 2.45) is 11.7 Å². The van der Waals surface area contributed by atoms with Gasteiger partial charge in [0.05, 0.1) is 6.73 Å².